The predicted octanol–water partition coefficient (Wildman–Crippen LogP) is 2.42. The number of nitrogens with zero attached hydrogens (tertiary/aromatic N) is 1. The van der Waals surface area contributed by atoms with Gasteiger partial charge in [-0.2, -0.15) is 0 Å². The molecule has 4 heteroatoms. The van der Waals surface area contributed by atoms with Crippen molar-refractivity contribution in [3.63, 3.8) is 0 Å². The van der Waals surface area contributed by atoms with Crippen LogP contribution in [0.3, 0.4) is 0 Å². The summed E-state index contributed by atoms with van der Waals surface area (Å²) in [5.74, 6) is 0.723. The third kappa shape index (κ3) is 2.27. The van der Waals surface area contributed by atoms with E-state index in [0.29, 0.717) is 5.56 Å². The number of benzene rings is 1. The molecular formula is C14H17N3O. The Hall–Kier alpha value is -2.10. The molecular weight excluding hydrogens is 226 g/mol. The number of rotatable bonds is 4. The minimum absolute atomic E-state index is 0.110. The van der Waals surface area contributed by atoms with Gasteiger partial charge in [0.2, 0.25) is 0 Å². The van der Waals surface area contributed by atoms with Gasteiger partial charge in [0.05, 0.1) is 5.56 Å². The van der Waals surface area contributed by atoms with Gasteiger partial charge in [0, 0.05) is 25.2 Å². The fourth-order valence-electron chi connectivity index (χ4n) is 1.89. The topological polar surface area (TPSA) is 54.0 Å². The van der Waals surface area contributed by atoms with Crippen molar-refractivity contribution in [1.82, 2.24) is 10.3 Å². The first-order valence-corrected chi connectivity index (χ1v) is 6.11. The number of amides is 1. The lowest BCUT2D eigenvalue weighted by atomic mass is 10.1. The highest BCUT2D eigenvalue weighted by Gasteiger charge is 2.11. The number of aromatic nitrogens is 1. The van der Waals surface area contributed by atoms with E-state index in [1.54, 1.807) is 13.2 Å². The van der Waals surface area contributed by atoms with Crippen molar-refractivity contribution in [3.8, 4) is 0 Å². The maximum atomic E-state index is 11.8. The number of hydrogen-bond donors (Lipinski definition) is 2. The minimum Gasteiger partial charge on any atom is -0.370 e. The van der Waals surface area contributed by atoms with E-state index < -0.39 is 0 Å². The van der Waals surface area contributed by atoms with Crippen molar-refractivity contribution in [2.24, 2.45) is 0 Å². The van der Waals surface area contributed by atoms with Crippen LogP contribution in [0.15, 0.2) is 30.5 Å². The van der Waals surface area contributed by atoms with Gasteiger partial charge in [-0.25, -0.2) is 4.98 Å². The molecule has 2 aromatic rings. The summed E-state index contributed by atoms with van der Waals surface area (Å²) in [7, 11) is 1.63. The quantitative estimate of drug-likeness (QED) is 0.867. The van der Waals surface area contributed by atoms with Gasteiger partial charge in [0.25, 0.3) is 5.91 Å². The van der Waals surface area contributed by atoms with Gasteiger partial charge in [-0.3, -0.25) is 4.79 Å². The lowest BCUT2D eigenvalue weighted by molar-refractivity contribution is 0.0964. The van der Waals surface area contributed by atoms with Crippen LogP contribution < -0.4 is 10.6 Å². The van der Waals surface area contributed by atoms with Gasteiger partial charge < -0.3 is 10.6 Å². The number of anilines is 1. The zero-order chi connectivity index (χ0) is 13.0. The van der Waals surface area contributed by atoms with Crippen LogP contribution in [-0.4, -0.2) is 24.5 Å². The monoisotopic (exact) mass is 243 g/mol. The summed E-state index contributed by atoms with van der Waals surface area (Å²) in [6.07, 6.45) is 2.66. The maximum absolute atomic E-state index is 11.8. The van der Waals surface area contributed by atoms with Crippen LogP contribution in [0, 0.1) is 0 Å². The molecule has 0 unspecified atom stereocenters. The molecule has 0 aliphatic heterocycles. The Balaban J connectivity index is 2.55. The standard InChI is InChI=1S/C14H17N3O/c1-3-8-16-13-11-7-5-4-6-10(11)12(9-17-13)14(18)15-2/h4-7,9H,3,8H2,1-2H3,(H,15,18)(H,16,17). The first-order valence-electron chi connectivity index (χ1n) is 6.11. The molecule has 0 fully saturated rings. The van der Waals surface area contributed by atoms with Crippen LogP contribution in [0.5, 0.6) is 0 Å². The van der Waals surface area contributed by atoms with Crippen LogP contribution in [0.2, 0.25) is 0 Å². The third-order valence-corrected chi connectivity index (χ3v) is 2.81. The zero-order valence-corrected chi connectivity index (χ0v) is 10.7. The van der Waals surface area contributed by atoms with Crippen molar-refractivity contribution in [2.75, 3.05) is 18.9 Å². The summed E-state index contributed by atoms with van der Waals surface area (Å²) in [6.45, 7) is 2.98. The molecule has 4 nitrogen and oxygen atoms in total. The average Bonchev–Trinajstić information content (AvgIpc) is 2.43. The summed E-state index contributed by atoms with van der Waals surface area (Å²) >= 11 is 0. The van der Waals surface area contributed by atoms with Crippen molar-refractivity contribution in [3.05, 3.63) is 36.0 Å². The molecule has 0 saturated heterocycles. The second-order valence-corrected chi connectivity index (χ2v) is 4.07. The molecule has 18 heavy (non-hydrogen) atoms. The Labute approximate surface area is 106 Å². The predicted molar refractivity (Wildman–Crippen MR) is 73.9 cm³/mol. The second kappa shape index (κ2) is 5.49. The van der Waals surface area contributed by atoms with Gasteiger partial charge >= 0.3 is 0 Å². The molecule has 1 aromatic carbocycles. The van der Waals surface area contributed by atoms with Crippen molar-refractivity contribution in [2.45, 2.75) is 13.3 Å². The van der Waals surface area contributed by atoms with E-state index in [4.69, 9.17) is 0 Å². The van der Waals surface area contributed by atoms with E-state index in [-0.39, 0.29) is 5.91 Å². The summed E-state index contributed by atoms with van der Waals surface area (Å²) < 4.78 is 0. The smallest absolute Gasteiger partial charge is 0.253 e. The van der Waals surface area contributed by atoms with Crippen molar-refractivity contribution < 1.29 is 4.79 Å². The van der Waals surface area contributed by atoms with E-state index >= 15 is 0 Å². The fraction of sp³-hybridized carbons (Fsp3) is 0.286. The van der Waals surface area contributed by atoms with Crippen LogP contribution in [0.1, 0.15) is 23.7 Å². The Morgan fingerprint density at radius 1 is 1.28 bits per heavy atom. The summed E-state index contributed by atoms with van der Waals surface area (Å²) in [4.78, 5) is 16.1. The van der Waals surface area contributed by atoms with Crippen LogP contribution in [0.4, 0.5) is 5.82 Å². The normalized spacial score (nSPS) is 10.3. The highest BCUT2D eigenvalue weighted by atomic mass is 16.1. The van der Waals surface area contributed by atoms with Crippen LogP contribution >= 0.6 is 0 Å². The summed E-state index contributed by atoms with van der Waals surface area (Å²) in [5, 5.41) is 7.82. The fourth-order valence-corrected chi connectivity index (χ4v) is 1.89. The molecule has 0 spiro atoms. The highest BCUT2D eigenvalue weighted by Crippen LogP contribution is 2.24. The lowest BCUT2D eigenvalue weighted by Crippen LogP contribution is -2.18. The largest absolute Gasteiger partial charge is 0.370 e. The Kier molecular flexibility index (Phi) is 3.77. The van der Waals surface area contributed by atoms with E-state index in [9.17, 15) is 4.79 Å². The molecule has 1 amide bonds. The van der Waals surface area contributed by atoms with Gasteiger partial charge in [-0.15, -0.1) is 0 Å². The average molecular weight is 243 g/mol. The molecule has 2 N–H and O–H groups in total. The Bertz CT molecular complexity index is 566. The van der Waals surface area contributed by atoms with Gasteiger partial charge in [0.15, 0.2) is 0 Å². The molecule has 1 heterocycles. The Morgan fingerprint density at radius 2 is 2.00 bits per heavy atom. The van der Waals surface area contributed by atoms with Gasteiger partial charge in [-0.05, 0) is 11.8 Å². The molecule has 1 aromatic heterocycles. The first kappa shape index (κ1) is 12.4. The molecule has 0 aliphatic carbocycles. The van der Waals surface area contributed by atoms with Crippen molar-refractivity contribution >= 4 is 22.5 Å². The van der Waals surface area contributed by atoms with E-state index in [0.717, 1.165) is 29.6 Å². The molecule has 94 valence electrons. The zero-order valence-electron chi connectivity index (χ0n) is 10.7. The lowest BCUT2D eigenvalue weighted by Gasteiger charge is -2.10. The molecule has 0 radical (unpaired) electrons. The number of pyridine rings is 1. The van der Waals surface area contributed by atoms with E-state index in [1.807, 2.05) is 24.3 Å². The van der Waals surface area contributed by atoms with Crippen LogP contribution in [-0.2, 0) is 0 Å². The maximum Gasteiger partial charge on any atom is 0.253 e. The van der Waals surface area contributed by atoms with Crippen LogP contribution in [0.25, 0.3) is 10.8 Å². The highest BCUT2D eigenvalue weighted by molar-refractivity contribution is 6.09. The van der Waals surface area contributed by atoms with E-state index in [1.165, 1.54) is 0 Å². The minimum atomic E-state index is -0.110. The van der Waals surface area contributed by atoms with Crippen molar-refractivity contribution in [1.29, 1.82) is 0 Å². The molecule has 0 aliphatic rings. The first-order chi connectivity index (χ1) is 8.77. The molecule has 2 rings (SSSR count). The Morgan fingerprint density at radius 3 is 2.67 bits per heavy atom. The third-order valence-electron chi connectivity index (χ3n) is 2.81. The molecule has 0 bridgehead atoms. The van der Waals surface area contributed by atoms with Gasteiger partial charge in [-0.1, -0.05) is 31.2 Å². The molecule has 0 saturated carbocycles. The summed E-state index contributed by atoms with van der Waals surface area (Å²) in [6, 6.07) is 7.80. The number of nitrogens with one attached hydrogen (secondary N) is 2. The number of carbonyl (C=O) groups excluding carboxylic acids is 1. The number of hydrogen-bond acceptors (Lipinski definition) is 3. The molecule has 0 atom stereocenters. The number of fused-ring (bicyclic) bond motifs is 1. The number of carbonyl (C=O) groups is 1. The van der Waals surface area contributed by atoms with Gasteiger partial charge in [0.1, 0.15) is 5.82 Å². The second-order valence-electron chi connectivity index (χ2n) is 4.07. The van der Waals surface area contributed by atoms with E-state index in [2.05, 4.69) is 22.5 Å². The summed E-state index contributed by atoms with van der Waals surface area (Å²) in [5.41, 5.74) is 0.607. The SMILES string of the molecule is CCCNc1ncc(C(=O)NC)c2ccccc12.